The minimum Gasteiger partial charge on any atom is -0.396 e. The van der Waals surface area contributed by atoms with Gasteiger partial charge in [0.1, 0.15) is 0 Å². The van der Waals surface area contributed by atoms with Gasteiger partial charge in [-0.05, 0) is 31.1 Å². The first kappa shape index (κ1) is 9.14. The maximum Gasteiger partial charge on any atom is 0.0464 e. The van der Waals surface area contributed by atoms with Crippen LogP contribution in [0.2, 0.25) is 0 Å². The molecular weight excluding hydrogens is 156 g/mol. The molecule has 1 rings (SSSR count). The van der Waals surface area contributed by atoms with Crippen LogP contribution in [0.15, 0.2) is 12.7 Å². The van der Waals surface area contributed by atoms with Crippen molar-refractivity contribution >= 4 is 12.6 Å². The van der Waals surface area contributed by atoms with Gasteiger partial charge in [0.05, 0.1) is 0 Å². The molecular formula is C9H16OS. The molecule has 2 heteroatoms. The van der Waals surface area contributed by atoms with Gasteiger partial charge >= 0.3 is 0 Å². The quantitative estimate of drug-likeness (QED) is 0.481. The lowest BCUT2D eigenvalue weighted by molar-refractivity contribution is 0.160. The molecule has 0 radical (unpaired) electrons. The molecule has 3 unspecified atom stereocenters. The smallest absolute Gasteiger partial charge is 0.0464 e. The summed E-state index contributed by atoms with van der Waals surface area (Å²) in [5, 5.41) is 9.52. The third-order valence-electron chi connectivity index (χ3n) is 2.56. The first-order valence-corrected chi connectivity index (χ1v) is 4.71. The third kappa shape index (κ3) is 2.24. The Kier molecular flexibility index (Phi) is 3.46. The van der Waals surface area contributed by atoms with Crippen LogP contribution >= 0.6 is 12.6 Å². The van der Waals surface area contributed by atoms with Crippen LogP contribution < -0.4 is 0 Å². The van der Waals surface area contributed by atoms with Gasteiger partial charge in [0.15, 0.2) is 0 Å². The van der Waals surface area contributed by atoms with Crippen molar-refractivity contribution in [3.63, 3.8) is 0 Å². The molecule has 64 valence electrons. The number of aliphatic hydroxyl groups is 1. The molecule has 0 aromatic rings. The highest BCUT2D eigenvalue weighted by atomic mass is 32.1. The maximum atomic E-state index is 9.01. The van der Waals surface area contributed by atoms with E-state index < -0.39 is 0 Å². The first-order valence-electron chi connectivity index (χ1n) is 4.19. The van der Waals surface area contributed by atoms with Gasteiger partial charge in [0.25, 0.3) is 0 Å². The fourth-order valence-electron chi connectivity index (χ4n) is 1.76. The van der Waals surface area contributed by atoms with Crippen molar-refractivity contribution in [3.8, 4) is 0 Å². The van der Waals surface area contributed by atoms with E-state index in [0.717, 1.165) is 19.3 Å². The Labute approximate surface area is 73.9 Å². The van der Waals surface area contributed by atoms with Crippen molar-refractivity contribution in [2.75, 3.05) is 6.61 Å². The van der Waals surface area contributed by atoms with Crippen molar-refractivity contribution in [1.29, 1.82) is 0 Å². The average Bonchev–Trinajstić information content (AvgIpc) is 2.04. The van der Waals surface area contributed by atoms with Gasteiger partial charge in [0.2, 0.25) is 0 Å². The second kappa shape index (κ2) is 4.17. The third-order valence-corrected chi connectivity index (χ3v) is 3.03. The van der Waals surface area contributed by atoms with E-state index in [0.29, 0.717) is 23.7 Å². The molecule has 0 aromatic carbocycles. The Hall–Kier alpha value is 0.0500. The summed E-state index contributed by atoms with van der Waals surface area (Å²) in [5.41, 5.74) is 0. The summed E-state index contributed by atoms with van der Waals surface area (Å²) in [6.07, 6.45) is 5.28. The molecule has 11 heavy (non-hydrogen) atoms. The fraction of sp³-hybridized carbons (Fsp3) is 0.778. The second-order valence-corrected chi connectivity index (χ2v) is 4.04. The highest BCUT2D eigenvalue weighted by Gasteiger charge is 2.25. The summed E-state index contributed by atoms with van der Waals surface area (Å²) < 4.78 is 0. The Morgan fingerprint density at radius 3 is 2.82 bits per heavy atom. The SMILES string of the molecule is C=CC1CC(S)CCC1CO. The predicted molar refractivity (Wildman–Crippen MR) is 50.9 cm³/mol. The van der Waals surface area contributed by atoms with E-state index in [9.17, 15) is 0 Å². The molecule has 0 spiro atoms. The molecule has 1 aliphatic carbocycles. The van der Waals surface area contributed by atoms with Crippen LogP contribution in [0.1, 0.15) is 19.3 Å². The zero-order valence-corrected chi connectivity index (χ0v) is 7.63. The number of rotatable bonds is 2. The molecule has 3 atom stereocenters. The van der Waals surface area contributed by atoms with Gasteiger partial charge in [-0.1, -0.05) is 6.08 Å². The van der Waals surface area contributed by atoms with Crippen LogP contribution in [0.3, 0.4) is 0 Å². The van der Waals surface area contributed by atoms with Crippen molar-refractivity contribution in [2.45, 2.75) is 24.5 Å². The molecule has 0 bridgehead atoms. The largest absolute Gasteiger partial charge is 0.396 e. The molecule has 0 saturated heterocycles. The molecule has 0 heterocycles. The maximum absolute atomic E-state index is 9.01. The zero-order chi connectivity index (χ0) is 8.27. The van der Waals surface area contributed by atoms with Crippen LogP contribution in [0.4, 0.5) is 0 Å². The van der Waals surface area contributed by atoms with E-state index in [1.165, 1.54) is 0 Å². The minimum atomic E-state index is 0.303. The van der Waals surface area contributed by atoms with Gasteiger partial charge in [0, 0.05) is 11.9 Å². The lowest BCUT2D eigenvalue weighted by Crippen LogP contribution is -2.26. The van der Waals surface area contributed by atoms with Crippen molar-refractivity contribution < 1.29 is 5.11 Å². The Morgan fingerprint density at radius 2 is 2.27 bits per heavy atom. The normalized spacial score (nSPS) is 38.5. The molecule has 1 N–H and O–H groups in total. The van der Waals surface area contributed by atoms with Crippen LogP contribution in [0.25, 0.3) is 0 Å². The summed E-state index contributed by atoms with van der Waals surface area (Å²) in [7, 11) is 0. The predicted octanol–water partition coefficient (Wildman–Crippen LogP) is 1.88. The Balaban J connectivity index is 2.47. The molecule has 0 amide bonds. The lowest BCUT2D eigenvalue weighted by Gasteiger charge is -2.31. The number of aliphatic hydroxyl groups excluding tert-OH is 1. The fourth-order valence-corrected chi connectivity index (χ4v) is 2.15. The molecule has 1 nitrogen and oxygen atoms in total. The van der Waals surface area contributed by atoms with E-state index in [-0.39, 0.29) is 0 Å². The van der Waals surface area contributed by atoms with E-state index >= 15 is 0 Å². The summed E-state index contributed by atoms with van der Waals surface area (Å²) in [6.45, 7) is 4.07. The van der Waals surface area contributed by atoms with Crippen molar-refractivity contribution in [3.05, 3.63) is 12.7 Å². The summed E-state index contributed by atoms with van der Waals surface area (Å²) in [4.78, 5) is 0. The minimum absolute atomic E-state index is 0.303. The van der Waals surface area contributed by atoms with E-state index in [1.807, 2.05) is 6.08 Å². The van der Waals surface area contributed by atoms with E-state index in [2.05, 4.69) is 19.2 Å². The van der Waals surface area contributed by atoms with Gasteiger partial charge in [-0.3, -0.25) is 0 Å². The van der Waals surface area contributed by atoms with Gasteiger partial charge in [-0.25, -0.2) is 0 Å². The lowest BCUT2D eigenvalue weighted by atomic mass is 9.79. The topological polar surface area (TPSA) is 20.2 Å². The second-order valence-electron chi connectivity index (χ2n) is 3.31. The van der Waals surface area contributed by atoms with Crippen molar-refractivity contribution in [1.82, 2.24) is 0 Å². The van der Waals surface area contributed by atoms with Crippen LogP contribution in [0.5, 0.6) is 0 Å². The Morgan fingerprint density at radius 1 is 1.55 bits per heavy atom. The molecule has 0 aromatic heterocycles. The number of hydrogen-bond acceptors (Lipinski definition) is 2. The first-order chi connectivity index (χ1) is 5.27. The number of allylic oxidation sites excluding steroid dienone is 1. The average molecular weight is 172 g/mol. The molecule has 1 aliphatic rings. The van der Waals surface area contributed by atoms with E-state index in [1.54, 1.807) is 0 Å². The van der Waals surface area contributed by atoms with Crippen LogP contribution in [-0.2, 0) is 0 Å². The molecule has 0 aliphatic heterocycles. The van der Waals surface area contributed by atoms with Crippen molar-refractivity contribution in [2.24, 2.45) is 11.8 Å². The van der Waals surface area contributed by atoms with Gasteiger partial charge < -0.3 is 5.11 Å². The highest BCUT2D eigenvalue weighted by Crippen LogP contribution is 2.32. The monoisotopic (exact) mass is 172 g/mol. The number of thiol groups is 1. The molecule has 1 saturated carbocycles. The van der Waals surface area contributed by atoms with Crippen LogP contribution in [-0.4, -0.2) is 17.0 Å². The van der Waals surface area contributed by atoms with Crippen LogP contribution in [0, 0.1) is 11.8 Å². The standard InChI is InChI=1S/C9H16OS/c1-2-7-5-9(11)4-3-8(7)6-10/h2,7-11H,1,3-6H2. The van der Waals surface area contributed by atoms with Gasteiger partial charge in [-0.2, -0.15) is 12.6 Å². The van der Waals surface area contributed by atoms with Gasteiger partial charge in [-0.15, -0.1) is 6.58 Å². The summed E-state index contributed by atoms with van der Waals surface area (Å²) in [6, 6.07) is 0. The molecule has 1 fully saturated rings. The highest BCUT2D eigenvalue weighted by molar-refractivity contribution is 7.80. The Bertz CT molecular complexity index is 136. The van der Waals surface area contributed by atoms with E-state index in [4.69, 9.17) is 5.11 Å². The summed E-state index contributed by atoms with van der Waals surface area (Å²) >= 11 is 4.42. The number of hydrogen-bond donors (Lipinski definition) is 2. The summed E-state index contributed by atoms with van der Waals surface area (Å²) in [5.74, 6) is 0.923. The zero-order valence-electron chi connectivity index (χ0n) is 6.74.